The quantitative estimate of drug-likeness (QED) is 0.740. The van der Waals surface area contributed by atoms with Gasteiger partial charge in [0.05, 0.1) is 14.2 Å². The summed E-state index contributed by atoms with van der Waals surface area (Å²) in [6, 6.07) is 13.0. The Hall–Kier alpha value is -3.48. The van der Waals surface area contributed by atoms with Crippen molar-refractivity contribution in [3.8, 4) is 28.6 Å². The number of amides is 1. The summed E-state index contributed by atoms with van der Waals surface area (Å²) in [6.45, 7) is 0. The number of ether oxygens (including phenoxy) is 2. The summed E-state index contributed by atoms with van der Waals surface area (Å²) in [4.78, 5) is 12.3. The predicted molar refractivity (Wildman–Crippen MR) is 91.1 cm³/mol. The van der Waals surface area contributed by atoms with Gasteiger partial charge in [-0.05, 0) is 36.4 Å². The number of phenolic OH excluding ortho intramolecular Hbond substituents is 1. The van der Waals surface area contributed by atoms with Gasteiger partial charge in [-0.2, -0.15) is 0 Å². The number of hydrogen-bond donors (Lipinski definition) is 2. The van der Waals surface area contributed by atoms with Crippen molar-refractivity contribution < 1.29 is 23.9 Å². The largest absolute Gasteiger partial charge is 0.508 e. The molecule has 128 valence electrons. The average molecular weight is 340 g/mol. The molecule has 0 aliphatic rings. The Kier molecular flexibility index (Phi) is 4.56. The van der Waals surface area contributed by atoms with Gasteiger partial charge in [-0.15, -0.1) is 0 Å². The number of nitrogens with one attached hydrogen (secondary N) is 1. The number of carbonyl (C=O) groups excluding carboxylic acids is 1. The molecule has 0 aliphatic heterocycles. The normalized spacial score (nSPS) is 10.3. The number of aromatic nitrogens is 1. The molecule has 1 aromatic heterocycles. The van der Waals surface area contributed by atoms with Gasteiger partial charge in [0.25, 0.3) is 5.91 Å². The Morgan fingerprint density at radius 1 is 1.04 bits per heavy atom. The molecule has 2 aromatic carbocycles. The zero-order valence-electron chi connectivity index (χ0n) is 13.6. The second-order valence-electron chi connectivity index (χ2n) is 5.15. The van der Waals surface area contributed by atoms with Crippen molar-refractivity contribution in [1.29, 1.82) is 0 Å². The number of phenols is 1. The molecule has 3 aromatic rings. The molecule has 7 heteroatoms. The van der Waals surface area contributed by atoms with Gasteiger partial charge in [-0.1, -0.05) is 5.16 Å². The lowest BCUT2D eigenvalue weighted by Crippen LogP contribution is -2.12. The number of benzene rings is 2. The van der Waals surface area contributed by atoms with Crippen LogP contribution in [0, 0.1) is 0 Å². The van der Waals surface area contributed by atoms with E-state index in [9.17, 15) is 9.90 Å². The van der Waals surface area contributed by atoms with E-state index in [-0.39, 0.29) is 11.4 Å². The fourth-order valence-corrected chi connectivity index (χ4v) is 2.25. The van der Waals surface area contributed by atoms with Gasteiger partial charge >= 0.3 is 0 Å². The van der Waals surface area contributed by atoms with Crippen LogP contribution in [0.5, 0.6) is 17.2 Å². The maximum Gasteiger partial charge on any atom is 0.277 e. The fourth-order valence-electron chi connectivity index (χ4n) is 2.25. The maximum absolute atomic E-state index is 12.3. The average Bonchev–Trinajstić information content (AvgIpc) is 3.12. The van der Waals surface area contributed by atoms with Gasteiger partial charge < -0.3 is 24.4 Å². The van der Waals surface area contributed by atoms with Crippen LogP contribution in [0.2, 0.25) is 0 Å². The van der Waals surface area contributed by atoms with Gasteiger partial charge in [0, 0.05) is 23.4 Å². The summed E-state index contributed by atoms with van der Waals surface area (Å²) >= 11 is 0. The van der Waals surface area contributed by atoms with E-state index in [2.05, 4.69) is 10.5 Å². The standard InChI is InChI=1S/C18H16N2O5/c1-23-15-8-5-12(9-17(15)24-2)19-18(22)14-10-16(25-20-14)11-3-6-13(21)7-4-11/h3-10,21H,1-2H3,(H,19,22). The Bertz CT molecular complexity index is 887. The third-order valence-corrected chi connectivity index (χ3v) is 3.54. The van der Waals surface area contributed by atoms with E-state index in [1.165, 1.54) is 32.4 Å². The third kappa shape index (κ3) is 3.55. The molecule has 1 heterocycles. The highest BCUT2D eigenvalue weighted by Gasteiger charge is 2.15. The van der Waals surface area contributed by atoms with E-state index >= 15 is 0 Å². The summed E-state index contributed by atoms with van der Waals surface area (Å²) in [6.07, 6.45) is 0. The fraction of sp³-hybridized carbons (Fsp3) is 0.111. The van der Waals surface area contributed by atoms with Crippen molar-refractivity contribution in [1.82, 2.24) is 5.16 Å². The summed E-state index contributed by atoms with van der Waals surface area (Å²) in [7, 11) is 3.06. The molecular weight excluding hydrogens is 324 g/mol. The minimum atomic E-state index is -0.416. The monoisotopic (exact) mass is 340 g/mol. The summed E-state index contributed by atoms with van der Waals surface area (Å²) in [5.74, 6) is 1.23. The highest BCUT2D eigenvalue weighted by molar-refractivity contribution is 6.03. The lowest BCUT2D eigenvalue weighted by atomic mass is 10.1. The third-order valence-electron chi connectivity index (χ3n) is 3.54. The lowest BCUT2D eigenvalue weighted by molar-refractivity contribution is 0.101. The zero-order valence-corrected chi connectivity index (χ0v) is 13.6. The molecule has 0 unspecified atom stereocenters. The van der Waals surface area contributed by atoms with E-state index in [0.29, 0.717) is 28.5 Å². The van der Waals surface area contributed by atoms with Crippen LogP contribution >= 0.6 is 0 Å². The molecule has 1 amide bonds. The predicted octanol–water partition coefficient (Wildman–Crippen LogP) is 3.32. The van der Waals surface area contributed by atoms with Crippen LogP contribution in [0.15, 0.2) is 53.1 Å². The molecule has 0 bridgehead atoms. The first-order valence-electron chi connectivity index (χ1n) is 7.40. The van der Waals surface area contributed by atoms with Crippen molar-refractivity contribution in [3.63, 3.8) is 0 Å². The number of aromatic hydroxyl groups is 1. The first kappa shape index (κ1) is 16.4. The van der Waals surface area contributed by atoms with Gasteiger partial charge in [0.2, 0.25) is 0 Å². The molecule has 0 aliphatic carbocycles. The van der Waals surface area contributed by atoms with Crippen molar-refractivity contribution in [2.45, 2.75) is 0 Å². The second kappa shape index (κ2) is 6.96. The number of rotatable bonds is 5. The Morgan fingerprint density at radius 3 is 2.44 bits per heavy atom. The number of anilines is 1. The minimum Gasteiger partial charge on any atom is -0.508 e. The molecule has 0 saturated heterocycles. The highest BCUT2D eigenvalue weighted by atomic mass is 16.5. The van der Waals surface area contributed by atoms with Crippen molar-refractivity contribution >= 4 is 11.6 Å². The highest BCUT2D eigenvalue weighted by Crippen LogP contribution is 2.30. The van der Waals surface area contributed by atoms with E-state index in [4.69, 9.17) is 14.0 Å². The van der Waals surface area contributed by atoms with Crippen LogP contribution in [0.1, 0.15) is 10.5 Å². The molecule has 0 spiro atoms. The SMILES string of the molecule is COc1ccc(NC(=O)c2cc(-c3ccc(O)cc3)on2)cc1OC. The van der Waals surface area contributed by atoms with E-state index in [0.717, 1.165) is 0 Å². The van der Waals surface area contributed by atoms with Crippen molar-refractivity contribution in [2.75, 3.05) is 19.5 Å². The molecule has 0 radical (unpaired) electrons. The molecule has 25 heavy (non-hydrogen) atoms. The van der Waals surface area contributed by atoms with Gasteiger partial charge in [-0.3, -0.25) is 4.79 Å². The molecule has 0 saturated carbocycles. The van der Waals surface area contributed by atoms with Crippen LogP contribution in [0.3, 0.4) is 0 Å². The first-order chi connectivity index (χ1) is 12.1. The molecular formula is C18H16N2O5. The lowest BCUT2D eigenvalue weighted by Gasteiger charge is -2.09. The number of carbonyl (C=O) groups is 1. The van der Waals surface area contributed by atoms with Gasteiger partial charge in [0.15, 0.2) is 23.0 Å². The Morgan fingerprint density at radius 2 is 1.76 bits per heavy atom. The Balaban J connectivity index is 1.77. The molecule has 0 fully saturated rings. The van der Waals surface area contributed by atoms with Gasteiger partial charge in [-0.25, -0.2) is 0 Å². The first-order valence-corrected chi connectivity index (χ1v) is 7.40. The summed E-state index contributed by atoms with van der Waals surface area (Å²) in [5, 5.41) is 15.8. The van der Waals surface area contributed by atoms with E-state index in [1.54, 1.807) is 30.3 Å². The second-order valence-corrected chi connectivity index (χ2v) is 5.15. The van der Waals surface area contributed by atoms with E-state index in [1.807, 2.05) is 0 Å². The number of hydrogen-bond acceptors (Lipinski definition) is 6. The van der Waals surface area contributed by atoms with E-state index < -0.39 is 5.91 Å². The Labute approximate surface area is 143 Å². The number of nitrogens with zero attached hydrogens (tertiary/aromatic N) is 1. The summed E-state index contributed by atoms with van der Waals surface area (Å²) < 4.78 is 15.6. The van der Waals surface area contributed by atoms with Gasteiger partial charge in [0.1, 0.15) is 5.75 Å². The molecule has 3 rings (SSSR count). The van der Waals surface area contributed by atoms with Crippen LogP contribution in [0.25, 0.3) is 11.3 Å². The van der Waals surface area contributed by atoms with Crippen LogP contribution < -0.4 is 14.8 Å². The molecule has 2 N–H and O–H groups in total. The van der Waals surface area contributed by atoms with Crippen molar-refractivity contribution in [2.24, 2.45) is 0 Å². The van der Waals surface area contributed by atoms with Crippen LogP contribution in [0.4, 0.5) is 5.69 Å². The number of methoxy groups -OCH3 is 2. The maximum atomic E-state index is 12.3. The topological polar surface area (TPSA) is 93.8 Å². The van der Waals surface area contributed by atoms with Crippen LogP contribution in [-0.4, -0.2) is 30.4 Å². The summed E-state index contributed by atoms with van der Waals surface area (Å²) in [5.41, 5.74) is 1.38. The van der Waals surface area contributed by atoms with Crippen molar-refractivity contribution in [3.05, 3.63) is 54.2 Å². The smallest absolute Gasteiger partial charge is 0.277 e. The molecule has 0 atom stereocenters. The minimum absolute atomic E-state index is 0.137. The zero-order chi connectivity index (χ0) is 17.8. The van der Waals surface area contributed by atoms with Crippen LogP contribution in [-0.2, 0) is 0 Å². The molecule has 7 nitrogen and oxygen atoms in total.